The van der Waals surface area contributed by atoms with Gasteiger partial charge >= 0.3 is 5.97 Å². The molecule has 0 aromatic carbocycles. The Hall–Kier alpha value is -0.180. The molecule has 0 aromatic rings. The van der Waals surface area contributed by atoms with Crippen molar-refractivity contribution in [3.8, 4) is 0 Å². The number of carbonyl (C=O) groups is 1. The summed E-state index contributed by atoms with van der Waals surface area (Å²) in [7, 11) is 0. The van der Waals surface area contributed by atoms with Crippen molar-refractivity contribution in [2.75, 3.05) is 5.94 Å². The van der Waals surface area contributed by atoms with Gasteiger partial charge in [-0.3, -0.25) is 4.79 Å². The van der Waals surface area contributed by atoms with Gasteiger partial charge in [0.25, 0.3) is 0 Å². The fourth-order valence-corrected chi connectivity index (χ4v) is 0.609. The molecule has 0 unspecified atom stereocenters. The molecule has 0 aliphatic heterocycles. The highest BCUT2D eigenvalue weighted by Crippen LogP contribution is 1.96. The maximum Gasteiger partial charge on any atom is 0.306 e. The van der Waals surface area contributed by atoms with Crippen LogP contribution in [0.5, 0.6) is 0 Å². The van der Waals surface area contributed by atoms with Crippen molar-refractivity contribution < 1.29 is 9.53 Å². The molecule has 0 atom stereocenters. The van der Waals surface area contributed by atoms with Crippen molar-refractivity contribution in [2.24, 2.45) is 0 Å². The highest BCUT2D eigenvalue weighted by atomic mass is 32.1. The molecule has 0 rings (SSSR count). The summed E-state index contributed by atoms with van der Waals surface area (Å²) in [5, 5.41) is 0. The lowest BCUT2D eigenvalue weighted by Crippen LogP contribution is -2.01. The monoisotopic (exact) mass is 148 g/mol. The van der Waals surface area contributed by atoms with Crippen LogP contribution in [0.2, 0.25) is 0 Å². The first-order chi connectivity index (χ1) is 4.31. The first-order valence-corrected chi connectivity index (χ1v) is 3.71. The van der Waals surface area contributed by atoms with Crippen molar-refractivity contribution >= 4 is 18.6 Å². The van der Waals surface area contributed by atoms with Gasteiger partial charge in [-0.05, 0) is 6.42 Å². The van der Waals surface area contributed by atoms with Crippen LogP contribution in [0.3, 0.4) is 0 Å². The van der Waals surface area contributed by atoms with Gasteiger partial charge in [-0.15, -0.1) is 12.6 Å². The molecule has 0 N–H and O–H groups in total. The van der Waals surface area contributed by atoms with Crippen molar-refractivity contribution in [1.82, 2.24) is 0 Å². The third-order valence-electron chi connectivity index (χ3n) is 0.960. The minimum absolute atomic E-state index is 0.146. The van der Waals surface area contributed by atoms with Gasteiger partial charge in [-0.2, -0.15) is 0 Å². The summed E-state index contributed by atoms with van der Waals surface area (Å²) in [5.41, 5.74) is 0. The third-order valence-corrected chi connectivity index (χ3v) is 1.09. The van der Waals surface area contributed by atoms with Gasteiger partial charge < -0.3 is 4.74 Å². The fourth-order valence-electron chi connectivity index (χ4n) is 0.465. The molecule has 0 spiro atoms. The average Bonchev–Trinajstić information content (AvgIpc) is 1.85. The Morgan fingerprint density at radius 1 is 1.67 bits per heavy atom. The van der Waals surface area contributed by atoms with Gasteiger partial charge in [0.2, 0.25) is 0 Å². The third kappa shape index (κ3) is 5.69. The standard InChI is InChI=1S/C6H12O2S/c1-2-3-4-6(7)8-5-9/h9H,2-5H2,1H3. The van der Waals surface area contributed by atoms with Crippen molar-refractivity contribution in [3.05, 3.63) is 0 Å². The van der Waals surface area contributed by atoms with Gasteiger partial charge in [0.15, 0.2) is 0 Å². The van der Waals surface area contributed by atoms with E-state index in [2.05, 4.69) is 17.4 Å². The molecule has 0 fully saturated rings. The van der Waals surface area contributed by atoms with Crippen LogP contribution >= 0.6 is 12.6 Å². The molecule has 0 amide bonds. The maximum atomic E-state index is 10.5. The lowest BCUT2D eigenvalue weighted by molar-refractivity contribution is -0.141. The Kier molecular flexibility index (Phi) is 5.83. The minimum Gasteiger partial charge on any atom is -0.455 e. The Labute approximate surface area is 61.0 Å². The molecule has 0 aromatic heterocycles. The highest BCUT2D eigenvalue weighted by Gasteiger charge is 1.97. The van der Waals surface area contributed by atoms with Crippen molar-refractivity contribution in [3.63, 3.8) is 0 Å². The zero-order valence-electron chi connectivity index (χ0n) is 5.59. The zero-order chi connectivity index (χ0) is 7.11. The number of hydrogen-bond donors (Lipinski definition) is 1. The molecule has 0 saturated carbocycles. The molecule has 0 aliphatic carbocycles. The molecule has 54 valence electrons. The molecule has 3 heteroatoms. The molecule has 0 heterocycles. The second kappa shape index (κ2) is 5.95. The Morgan fingerprint density at radius 2 is 2.33 bits per heavy atom. The van der Waals surface area contributed by atoms with E-state index >= 15 is 0 Å². The van der Waals surface area contributed by atoms with E-state index in [1.54, 1.807) is 0 Å². The SMILES string of the molecule is CCCCC(=O)OCS. The second-order valence-electron chi connectivity index (χ2n) is 1.75. The van der Waals surface area contributed by atoms with Crippen LogP contribution in [-0.4, -0.2) is 11.9 Å². The topological polar surface area (TPSA) is 26.3 Å². The van der Waals surface area contributed by atoms with Crippen LogP contribution in [-0.2, 0) is 9.53 Å². The van der Waals surface area contributed by atoms with E-state index in [9.17, 15) is 4.79 Å². The number of hydrogen-bond acceptors (Lipinski definition) is 3. The Bertz CT molecular complexity index is 83.1. The summed E-state index contributed by atoms with van der Waals surface area (Å²) < 4.78 is 4.57. The molecule has 0 bridgehead atoms. The Morgan fingerprint density at radius 3 is 2.78 bits per heavy atom. The predicted octanol–water partition coefficient (Wildman–Crippen LogP) is 1.61. The summed E-state index contributed by atoms with van der Waals surface area (Å²) >= 11 is 3.74. The van der Waals surface area contributed by atoms with Crippen LogP contribution in [0, 0.1) is 0 Å². The van der Waals surface area contributed by atoms with E-state index in [4.69, 9.17) is 0 Å². The number of carbonyl (C=O) groups excluding carboxylic acids is 1. The highest BCUT2D eigenvalue weighted by molar-refractivity contribution is 7.80. The maximum absolute atomic E-state index is 10.5. The summed E-state index contributed by atoms with van der Waals surface area (Å²) in [6, 6.07) is 0. The molecule has 0 radical (unpaired) electrons. The number of rotatable bonds is 4. The van der Waals surface area contributed by atoms with Gasteiger partial charge in [0, 0.05) is 6.42 Å². The summed E-state index contributed by atoms with van der Waals surface area (Å²) in [4.78, 5) is 10.5. The van der Waals surface area contributed by atoms with E-state index in [1.807, 2.05) is 6.92 Å². The smallest absolute Gasteiger partial charge is 0.306 e. The average molecular weight is 148 g/mol. The minimum atomic E-state index is -0.146. The van der Waals surface area contributed by atoms with Crippen LogP contribution in [0.25, 0.3) is 0 Å². The molecule has 0 aliphatic rings. The summed E-state index contributed by atoms with van der Waals surface area (Å²) in [5.74, 6) is 0.0505. The molecular weight excluding hydrogens is 136 g/mol. The Balaban J connectivity index is 3.06. The van der Waals surface area contributed by atoms with E-state index in [1.165, 1.54) is 0 Å². The van der Waals surface area contributed by atoms with Crippen LogP contribution in [0.15, 0.2) is 0 Å². The summed E-state index contributed by atoms with van der Waals surface area (Å²) in [6.07, 6.45) is 2.46. The fraction of sp³-hybridized carbons (Fsp3) is 0.833. The van der Waals surface area contributed by atoms with E-state index < -0.39 is 0 Å². The number of ether oxygens (including phenoxy) is 1. The largest absolute Gasteiger partial charge is 0.455 e. The molecule has 9 heavy (non-hydrogen) atoms. The van der Waals surface area contributed by atoms with Crippen LogP contribution in [0.1, 0.15) is 26.2 Å². The quantitative estimate of drug-likeness (QED) is 0.372. The van der Waals surface area contributed by atoms with Crippen molar-refractivity contribution in [1.29, 1.82) is 0 Å². The van der Waals surface area contributed by atoms with Gasteiger partial charge in [-0.25, -0.2) is 0 Å². The van der Waals surface area contributed by atoms with Gasteiger partial charge in [-0.1, -0.05) is 13.3 Å². The number of unbranched alkanes of at least 4 members (excludes halogenated alkanes) is 1. The second-order valence-corrected chi connectivity index (χ2v) is 2.01. The molecular formula is C6H12O2S. The van der Waals surface area contributed by atoms with E-state index in [-0.39, 0.29) is 11.9 Å². The van der Waals surface area contributed by atoms with Gasteiger partial charge in [0.05, 0.1) is 0 Å². The van der Waals surface area contributed by atoms with Crippen LogP contribution in [0.4, 0.5) is 0 Å². The summed E-state index contributed by atoms with van der Waals surface area (Å²) in [6.45, 7) is 2.04. The molecule has 0 saturated heterocycles. The van der Waals surface area contributed by atoms with Crippen LogP contribution < -0.4 is 0 Å². The zero-order valence-corrected chi connectivity index (χ0v) is 6.49. The lowest BCUT2D eigenvalue weighted by atomic mass is 10.3. The molecule has 2 nitrogen and oxygen atoms in total. The lowest BCUT2D eigenvalue weighted by Gasteiger charge is -1.97. The van der Waals surface area contributed by atoms with E-state index in [0.717, 1.165) is 12.8 Å². The van der Waals surface area contributed by atoms with Gasteiger partial charge in [0.1, 0.15) is 5.94 Å². The first kappa shape index (κ1) is 8.82. The normalized spacial score (nSPS) is 9.11. The first-order valence-electron chi connectivity index (χ1n) is 3.07. The number of esters is 1. The van der Waals surface area contributed by atoms with Crippen molar-refractivity contribution in [2.45, 2.75) is 26.2 Å². The number of thiol groups is 1. The van der Waals surface area contributed by atoms with E-state index in [0.29, 0.717) is 6.42 Å². The predicted molar refractivity (Wildman–Crippen MR) is 39.5 cm³/mol.